The largest absolute Gasteiger partial charge is 0.481 e. The summed E-state index contributed by atoms with van der Waals surface area (Å²) in [5, 5.41) is 21.0. The molecule has 1 N–H and O–H groups in total. The van der Waals surface area contributed by atoms with E-state index in [1.165, 1.54) is 23.1 Å². The maximum absolute atomic E-state index is 10.6. The van der Waals surface area contributed by atoms with Crippen molar-refractivity contribution >= 4 is 29.3 Å². The topological polar surface area (TPSA) is 80.9 Å². The van der Waals surface area contributed by atoms with E-state index in [2.05, 4.69) is 15.5 Å². The summed E-state index contributed by atoms with van der Waals surface area (Å²) in [4.78, 5) is 10.6. The first-order chi connectivity index (χ1) is 9.65. The number of benzene rings is 1. The highest BCUT2D eigenvalue weighted by Crippen LogP contribution is 2.41. The number of nitrogens with zero attached hydrogens (tertiary/aromatic N) is 4. The van der Waals surface area contributed by atoms with Crippen molar-refractivity contribution in [3.05, 3.63) is 28.8 Å². The summed E-state index contributed by atoms with van der Waals surface area (Å²) in [5.41, 5.74) is 1.89. The van der Waals surface area contributed by atoms with Crippen molar-refractivity contribution in [3.63, 3.8) is 0 Å². The Labute approximate surface area is 124 Å². The summed E-state index contributed by atoms with van der Waals surface area (Å²) in [6.07, 6.45) is 2.42. The minimum atomic E-state index is -0.917. The second-order valence-electron chi connectivity index (χ2n) is 4.54. The van der Waals surface area contributed by atoms with Gasteiger partial charge in [-0.3, -0.25) is 4.79 Å². The number of rotatable bonds is 5. The van der Waals surface area contributed by atoms with Gasteiger partial charge in [0, 0.05) is 0 Å². The fourth-order valence-electron chi connectivity index (χ4n) is 1.91. The molecule has 104 valence electrons. The lowest BCUT2D eigenvalue weighted by Crippen LogP contribution is -2.03. The van der Waals surface area contributed by atoms with E-state index in [-0.39, 0.29) is 5.75 Å². The quantitative estimate of drug-likeness (QED) is 0.854. The van der Waals surface area contributed by atoms with Crippen molar-refractivity contribution in [1.82, 2.24) is 20.2 Å². The van der Waals surface area contributed by atoms with Gasteiger partial charge < -0.3 is 5.11 Å². The molecule has 0 unspecified atom stereocenters. The van der Waals surface area contributed by atoms with Gasteiger partial charge in [0.25, 0.3) is 0 Å². The molecule has 0 amide bonds. The normalized spacial score (nSPS) is 14.4. The standard InChI is InChI=1S/C12H11ClN4O2S/c13-9-5-8(7-1-2-7)3-4-10(9)17-12(14-15-16-17)20-6-11(18)19/h3-5,7H,1-2,6H2,(H,18,19). The van der Waals surface area contributed by atoms with Crippen molar-refractivity contribution in [2.24, 2.45) is 0 Å². The molecule has 0 saturated heterocycles. The Morgan fingerprint density at radius 3 is 2.95 bits per heavy atom. The third kappa shape index (κ3) is 2.78. The summed E-state index contributed by atoms with van der Waals surface area (Å²) < 4.78 is 1.46. The van der Waals surface area contributed by atoms with Gasteiger partial charge in [-0.05, 0) is 46.9 Å². The summed E-state index contributed by atoms with van der Waals surface area (Å²) in [6, 6.07) is 5.82. The highest BCUT2D eigenvalue weighted by Gasteiger charge is 2.24. The fraction of sp³-hybridized carbons (Fsp3) is 0.333. The summed E-state index contributed by atoms with van der Waals surface area (Å²) in [6.45, 7) is 0. The van der Waals surface area contributed by atoms with Gasteiger partial charge in [0.15, 0.2) is 0 Å². The van der Waals surface area contributed by atoms with Gasteiger partial charge in [-0.15, -0.1) is 5.10 Å². The molecule has 1 aromatic carbocycles. The van der Waals surface area contributed by atoms with Crippen LogP contribution in [0.4, 0.5) is 0 Å². The Bertz CT molecular complexity index is 657. The number of aliphatic carboxylic acids is 1. The molecule has 6 nitrogen and oxygen atoms in total. The van der Waals surface area contributed by atoms with Gasteiger partial charge >= 0.3 is 5.97 Å². The molecule has 1 aromatic heterocycles. The van der Waals surface area contributed by atoms with E-state index in [1.807, 2.05) is 18.2 Å². The minimum absolute atomic E-state index is 0.0991. The average Bonchev–Trinajstić information content (AvgIpc) is 3.16. The fourth-order valence-corrected chi connectivity index (χ4v) is 2.78. The molecule has 1 aliphatic rings. The monoisotopic (exact) mass is 310 g/mol. The molecule has 1 aliphatic carbocycles. The molecule has 0 atom stereocenters. The lowest BCUT2D eigenvalue weighted by molar-refractivity contribution is -0.133. The second kappa shape index (κ2) is 5.41. The zero-order chi connectivity index (χ0) is 14.1. The predicted octanol–water partition coefficient (Wildman–Crippen LogP) is 2.37. The molecule has 1 heterocycles. The first kappa shape index (κ1) is 13.4. The number of halogens is 1. The summed E-state index contributed by atoms with van der Waals surface area (Å²) in [5.74, 6) is -0.394. The molecule has 2 aromatic rings. The third-order valence-corrected chi connectivity index (χ3v) is 4.22. The molecule has 0 spiro atoms. The van der Waals surface area contributed by atoms with E-state index in [0.29, 0.717) is 21.8 Å². The zero-order valence-corrected chi connectivity index (χ0v) is 11.9. The van der Waals surface area contributed by atoms with Crippen molar-refractivity contribution < 1.29 is 9.90 Å². The Balaban J connectivity index is 1.88. The lowest BCUT2D eigenvalue weighted by Gasteiger charge is -2.07. The molecule has 8 heteroatoms. The number of thioether (sulfide) groups is 1. The highest BCUT2D eigenvalue weighted by atomic mass is 35.5. The van der Waals surface area contributed by atoms with Crippen molar-refractivity contribution in [1.29, 1.82) is 0 Å². The average molecular weight is 311 g/mol. The van der Waals surface area contributed by atoms with Crippen LogP contribution in [0.25, 0.3) is 5.69 Å². The van der Waals surface area contributed by atoms with Gasteiger partial charge in [-0.25, -0.2) is 0 Å². The van der Waals surface area contributed by atoms with Crippen molar-refractivity contribution in [2.75, 3.05) is 5.75 Å². The van der Waals surface area contributed by atoms with E-state index >= 15 is 0 Å². The number of aromatic nitrogens is 4. The van der Waals surface area contributed by atoms with Crippen LogP contribution in [0, 0.1) is 0 Å². The second-order valence-corrected chi connectivity index (χ2v) is 5.89. The number of carbonyl (C=O) groups is 1. The van der Waals surface area contributed by atoms with Gasteiger partial charge in [0.05, 0.1) is 16.5 Å². The summed E-state index contributed by atoms with van der Waals surface area (Å²) >= 11 is 7.34. The molecule has 0 radical (unpaired) electrons. The Hall–Kier alpha value is -1.60. The highest BCUT2D eigenvalue weighted by molar-refractivity contribution is 7.99. The zero-order valence-electron chi connectivity index (χ0n) is 10.4. The predicted molar refractivity (Wildman–Crippen MR) is 74.5 cm³/mol. The Kier molecular flexibility index (Phi) is 3.62. The van der Waals surface area contributed by atoms with Crippen molar-refractivity contribution in [3.8, 4) is 5.69 Å². The minimum Gasteiger partial charge on any atom is -0.481 e. The maximum atomic E-state index is 10.6. The van der Waals surface area contributed by atoms with Crippen LogP contribution in [-0.4, -0.2) is 37.0 Å². The Morgan fingerprint density at radius 2 is 2.30 bits per heavy atom. The van der Waals surface area contributed by atoms with E-state index in [4.69, 9.17) is 16.7 Å². The van der Waals surface area contributed by atoms with E-state index in [1.54, 1.807) is 0 Å². The van der Waals surface area contributed by atoms with E-state index < -0.39 is 5.97 Å². The smallest absolute Gasteiger partial charge is 0.313 e. The molecule has 3 rings (SSSR count). The number of hydrogen-bond acceptors (Lipinski definition) is 5. The molecule has 1 saturated carbocycles. The van der Waals surface area contributed by atoms with Crippen molar-refractivity contribution in [2.45, 2.75) is 23.9 Å². The van der Waals surface area contributed by atoms with Crippen LogP contribution in [0.3, 0.4) is 0 Å². The van der Waals surface area contributed by atoms with E-state index in [9.17, 15) is 4.79 Å². The van der Waals surface area contributed by atoms with Gasteiger partial charge in [0.2, 0.25) is 5.16 Å². The molecule has 1 fully saturated rings. The molecule has 20 heavy (non-hydrogen) atoms. The van der Waals surface area contributed by atoms with Gasteiger partial charge in [0.1, 0.15) is 0 Å². The van der Waals surface area contributed by atoms with Crippen LogP contribution in [0.5, 0.6) is 0 Å². The first-order valence-corrected chi connectivity index (χ1v) is 7.44. The molecule has 0 bridgehead atoms. The number of tetrazole rings is 1. The van der Waals surface area contributed by atoms with Gasteiger partial charge in [-0.1, -0.05) is 29.4 Å². The summed E-state index contributed by atoms with van der Waals surface area (Å²) in [7, 11) is 0. The maximum Gasteiger partial charge on any atom is 0.313 e. The van der Waals surface area contributed by atoms with Crippen LogP contribution in [0.1, 0.15) is 24.3 Å². The lowest BCUT2D eigenvalue weighted by atomic mass is 10.1. The Morgan fingerprint density at radius 1 is 1.50 bits per heavy atom. The number of carboxylic acid groups (broad SMARTS) is 1. The van der Waals surface area contributed by atoms with Crippen LogP contribution in [0.2, 0.25) is 5.02 Å². The first-order valence-electron chi connectivity index (χ1n) is 6.08. The molecular formula is C12H11ClN4O2S. The molecule has 0 aliphatic heterocycles. The van der Waals surface area contributed by atoms with Gasteiger partial charge in [-0.2, -0.15) is 4.68 Å². The van der Waals surface area contributed by atoms with Crippen LogP contribution in [-0.2, 0) is 4.79 Å². The van der Waals surface area contributed by atoms with E-state index in [0.717, 1.165) is 11.8 Å². The number of carboxylic acids is 1. The SMILES string of the molecule is O=C(O)CSc1nnnn1-c1ccc(C2CC2)cc1Cl. The number of hydrogen-bond donors (Lipinski definition) is 1. The molecular weight excluding hydrogens is 300 g/mol. The third-order valence-electron chi connectivity index (χ3n) is 3.01. The van der Waals surface area contributed by atoms with Crippen LogP contribution < -0.4 is 0 Å². The van der Waals surface area contributed by atoms with Crippen LogP contribution in [0.15, 0.2) is 23.4 Å². The van der Waals surface area contributed by atoms with Crippen LogP contribution >= 0.6 is 23.4 Å².